The van der Waals surface area contributed by atoms with Crippen molar-refractivity contribution in [3.63, 3.8) is 0 Å². The van der Waals surface area contributed by atoms with Crippen LogP contribution in [-0.4, -0.2) is 46.5 Å². The number of anilines is 1. The monoisotopic (exact) mass is 431 g/mol. The summed E-state index contributed by atoms with van der Waals surface area (Å²) in [5.41, 5.74) is 0.00935. The van der Waals surface area contributed by atoms with E-state index in [1.807, 2.05) is 6.26 Å². The Labute approximate surface area is 166 Å². The van der Waals surface area contributed by atoms with Gasteiger partial charge in [0.2, 0.25) is 0 Å². The molecule has 0 unspecified atom stereocenters. The number of sulfonamides is 1. The lowest BCUT2D eigenvalue weighted by atomic mass is 10.2. The van der Waals surface area contributed by atoms with E-state index in [9.17, 15) is 18.3 Å². The molecule has 0 saturated heterocycles. The molecule has 2 aromatic carbocycles. The third kappa shape index (κ3) is 4.60. The van der Waals surface area contributed by atoms with Crippen molar-refractivity contribution in [2.24, 2.45) is 0 Å². The van der Waals surface area contributed by atoms with Gasteiger partial charge in [-0.3, -0.25) is 9.10 Å². The van der Waals surface area contributed by atoms with Gasteiger partial charge in [0.05, 0.1) is 29.8 Å². The highest BCUT2D eigenvalue weighted by Gasteiger charge is 2.30. The zero-order chi connectivity index (χ0) is 20.2. The van der Waals surface area contributed by atoms with Gasteiger partial charge in [0, 0.05) is 17.0 Å². The predicted octanol–water partition coefficient (Wildman–Crippen LogP) is 3.36. The van der Waals surface area contributed by atoms with Crippen LogP contribution in [0.4, 0.5) is 5.69 Å². The van der Waals surface area contributed by atoms with E-state index >= 15 is 0 Å². The number of hydrogen-bond donors (Lipinski definition) is 1. The molecule has 0 aliphatic rings. The summed E-state index contributed by atoms with van der Waals surface area (Å²) in [6.07, 6.45) is 1.87. The molecular weight excluding hydrogens is 414 g/mol. The van der Waals surface area contributed by atoms with Gasteiger partial charge in [-0.25, -0.2) is 8.42 Å². The average molecular weight is 432 g/mol. The summed E-state index contributed by atoms with van der Waals surface area (Å²) in [7, 11) is -1.48. The Morgan fingerprint density at radius 3 is 2.22 bits per heavy atom. The van der Waals surface area contributed by atoms with Crippen LogP contribution in [0.1, 0.15) is 0 Å². The summed E-state index contributed by atoms with van der Waals surface area (Å²) in [5.74, 6) is -1.03. The average Bonchev–Trinajstić information content (AvgIpc) is 2.65. The highest BCUT2D eigenvalue weighted by Crippen LogP contribution is 2.40. The topological polar surface area (TPSA) is 93.1 Å². The first kappa shape index (κ1) is 21.2. The van der Waals surface area contributed by atoms with Crippen molar-refractivity contribution in [1.82, 2.24) is 0 Å². The van der Waals surface area contributed by atoms with Crippen LogP contribution in [-0.2, 0) is 14.8 Å². The minimum absolute atomic E-state index is 0.00935. The first-order chi connectivity index (χ1) is 12.7. The Balaban J connectivity index is 2.66. The number of hydrogen-bond acceptors (Lipinski definition) is 6. The van der Waals surface area contributed by atoms with E-state index in [2.05, 4.69) is 0 Å². The van der Waals surface area contributed by atoms with E-state index in [0.29, 0.717) is 0 Å². The van der Waals surface area contributed by atoms with Gasteiger partial charge in [-0.05, 0) is 30.5 Å². The molecule has 146 valence electrons. The van der Waals surface area contributed by atoms with Gasteiger partial charge in [0.15, 0.2) is 0 Å². The molecule has 2 rings (SSSR count). The van der Waals surface area contributed by atoms with Crippen molar-refractivity contribution in [3.05, 3.63) is 41.4 Å². The smallest absolute Gasteiger partial charge is 0.324 e. The maximum Gasteiger partial charge on any atom is 0.324 e. The maximum absolute atomic E-state index is 13.1. The quantitative estimate of drug-likeness (QED) is 0.640. The molecule has 0 aromatic heterocycles. The Bertz CT molecular complexity index is 931. The third-order valence-electron chi connectivity index (χ3n) is 3.65. The number of ether oxygens (including phenoxy) is 2. The third-order valence-corrected chi connectivity index (χ3v) is 6.46. The highest BCUT2D eigenvalue weighted by atomic mass is 35.5. The number of rotatable bonds is 8. The number of nitrogens with zero attached hydrogens (tertiary/aromatic N) is 1. The number of halogens is 1. The molecule has 0 radical (unpaired) electrons. The molecule has 27 heavy (non-hydrogen) atoms. The van der Waals surface area contributed by atoms with Gasteiger partial charge in [-0.1, -0.05) is 11.6 Å². The zero-order valence-corrected chi connectivity index (χ0v) is 17.2. The van der Waals surface area contributed by atoms with Crippen molar-refractivity contribution in [2.45, 2.75) is 9.79 Å². The summed E-state index contributed by atoms with van der Waals surface area (Å²) >= 11 is 7.53. The van der Waals surface area contributed by atoms with Crippen LogP contribution < -0.4 is 13.8 Å². The van der Waals surface area contributed by atoms with E-state index in [0.717, 1.165) is 9.20 Å². The molecule has 1 N–H and O–H groups in total. The molecule has 7 nitrogen and oxygen atoms in total. The number of aliphatic carboxylic acids is 1. The lowest BCUT2D eigenvalue weighted by Crippen LogP contribution is -2.36. The van der Waals surface area contributed by atoms with Crippen LogP contribution >= 0.6 is 23.4 Å². The second-order valence-electron chi connectivity index (χ2n) is 5.24. The molecule has 0 aliphatic heterocycles. The summed E-state index contributed by atoms with van der Waals surface area (Å²) < 4.78 is 37.4. The second kappa shape index (κ2) is 8.73. The Morgan fingerprint density at radius 1 is 1.15 bits per heavy atom. The Morgan fingerprint density at radius 2 is 1.74 bits per heavy atom. The number of carboxylic acids is 1. The largest absolute Gasteiger partial charge is 0.495 e. The molecule has 0 aliphatic carbocycles. The normalized spacial score (nSPS) is 11.1. The van der Waals surface area contributed by atoms with E-state index < -0.39 is 22.5 Å². The summed E-state index contributed by atoms with van der Waals surface area (Å²) in [6, 6.07) is 8.85. The van der Waals surface area contributed by atoms with Gasteiger partial charge in [-0.15, -0.1) is 11.8 Å². The number of methoxy groups -OCH3 is 2. The molecule has 0 spiro atoms. The van der Waals surface area contributed by atoms with E-state index in [4.69, 9.17) is 21.1 Å². The van der Waals surface area contributed by atoms with Crippen LogP contribution in [0.2, 0.25) is 5.02 Å². The molecule has 0 fully saturated rings. The molecule has 10 heteroatoms. The van der Waals surface area contributed by atoms with Gasteiger partial charge in [-0.2, -0.15) is 0 Å². The van der Waals surface area contributed by atoms with E-state index in [-0.39, 0.29) is 27.1 Å². The molecular formula is C17H18ClNO6S2. The van der Waals surface area contributed by atoms with Crippen LogP contribution in [0.5, 0.6) is 11.5 Å². The minimum atomic E-state index is -4.18. The summed E-state index contributed by atoms with van der Waals surface area (Å²) in [5, 5.41) is 9.48. The first-order valence-corrected chi connectivity index (χ1v) is 10.6. The van der Waals surface area contributed by atoms with Crippen molar-refractivity contribution in [1.29, 1.82) is 0 Å². The summed E-state index contributed by atoms with van der Waals surface area (Å²) in [4.78, 5) is 12.2. The molecule has 0 saturated carbocycles. The van der Waals surface area contributed by atoms with Crippen LogP contribution in [0, 0.1) is 0 Å². The lowest BCUT2D eigenvalue weighted by molar-refractivity contribution is -0.135. The van der Waals surface area contributed by atoms with E-state index in [1.165, 1.54) is 50.2 Å². The number of thioether (sulfide) groups is 1. The van der Waals surface area contributed by atoms with Crippen molar-refractivity contribution in [3.8, 4) is 11.5 Å². The Kier molecular flexibility index (Phi) is 6.85. The van der Waals surface area contributed by atoms with Crippen LogP contribution in [0.25, 0.3) is 0 Å². The fraction of sp³-hybridized carbons (Fsp3) is 0.235. The van der Waals surface area contributed by atoms with Gasteiger partial charge in [0.25, 0.3) is 10.0 Å². The van der Waals surface area contributed by atoms with Gasteiger partial charge in [0.1, 0.15) is 18.0 Å². The zero-order valence-electron chi connectivity index (χ0n) is 14.8. The molecule has 0 bridgehead atoms. The molecule has 0 atom stereocenters. The molecule has 2 aromatic rings. The fourth-order valence-corrected chi connectivity index (χ4v) is 4.39. The SMILES string of the molecule is COc1cc(N(CC(=O)O)S(=O)(=O)c2ccc(SC)cc2)c(OC)cc1Cl. The number of carbonyl (C=O) groups is 1. The predicted molar refractivity (Wildman–Crippen MR) is 105 cm³/mol. The number of carboxylic acid groups (broad SMARTS) is 1. The van der Waals surface area contributed by atoms with Crippen molar-refractivity contribution < 1.29 is 27.8 Å². The van der Waals surface area contributed by atoms with Gasteiger partial charge >= 0.3 is 5.97 Å². The Hall–Kier alpha value is -2.10. The second-order valence-corrected chi connectivity index (χ2v) is 8.39. The first-order valence-electron chi connectivity index (χ1n) is 7.54. The minimum Gasteiger partial charge on any atom is -0.495 e. The highest BCUT2D eigenvalue weighted by molar-refractivity contribution is 7.98. The van der Waals surface area contributed by atoms with Crippen LogP contribution in [0.3, 0.4) is 0 Å². The summed E-state index contributed by atoms with van der Waals surface area (Å²) in [6.45, 7) is -0.798. The fourth-order valence-electron chi connectivity index (χ4n) is 2.34. The standard InChI is InChI=1S/C17H18ClNO6S2/c1-24-15-9-14(16(25-2)8-13(15)18)19(10-17(20)21)27(22,23)12-6-4-11(26-3)5-7-12/h4-9H,10H2,1-3H3,(H,20,21). The maximum atomic E-state index is 13.1. The van der Waals surface area contributed by atoms with Crippen molar-refractivity contribution in [2.75, 3.05) is 31.3 Å². The van der Waals surface area contributed by atoms with Crippen LogP contribution in [0.15, 0.2) is 46.2 Å². The molecule has 0 heterocycles. The van der Waals surface area contributed by atoms with Gasteiger partial charge < -0.3 is 14.6 Å². The lowest BCUT2D eigenvalue weighted by Gasteiger charge is -2.25. The molecule has 0 amide bonds. The van der Waals surface area contributed by atoms with E-state index in [1.54, 1.807) is 12.1 Å². The van der Waals surface area contributed by atoms with Crippen molar-refractivity contribution >= 4 is 45.0 Å². The number of benzene rings is 2.